The lowest BCUT2D eigenvalue weighted by Gasteiger charge is -2.09. The Morgan fingerprint density at radius 2 is 1.86 bits per heavy atom. The van der Waals surface area contributed by atoms with Gasteiger partial charge >= 0.3 is 0 Å². The van der Waals surface area contributed by atoms with Crippen molar-refractivity contribution in [3.8, 4) is 0 Å². The number of rotatable bonds is 3. The maximum atomic E-state index is 12.1. The average molecular weight is 358 g/mol. The van der Waals surface area contributed by atoms with Gasteiger partial charge in [-0.15, -0.1) is 0 Å². The first-order valence-electron chi connectivity index (χ1n) is 6.64. The summed E-state index contributed by atoms with van der Waals surface area (Å²) in [6.45, 7) is 0.0385. The zero-order chi connectivity index (χ0) is 15.5. The molecule has 0 unspecified atom stereocenters. The van der Waals surface area contributed by atoms with Crippen molar-refractivity contribution < 1.29 is 4.79 Å². The summed E-state index contributed by atoms with van der Waals surface area (Å²) in [5.74, 6) is -0.205. The van der Waals surface area contributed by atoms with Gasteiger partial charge in [0, 0.05) is 15.5 Å². The van der Waals surface area contributed by atoms with Gasteiger partial charge in [0.1, 0.15) is 6.54 Å². The van der Waals surface area contributed by atoms with E-state index >= 15 is 0 Å². The van der Waals surface area contributed by atoms with E-state index in [0.717, 1.165) is 4.47 Å². The van der Waals surface area contributed by atoms with E-state index in [9.17, 15) is 9.59 Å². The fourth-order valence-electron chi connectivity index (χ4n) is 2.16. The number of carbonyl (C=O) groups excluding carboxylic acids is 1. The third-order valence-corrected chi connectivity index (χ3v) is 3.71. The number of benzene rings is 2. The second kappa shape index (κ2) is 6.11. The predicted molar refractivity (Wildman–Crippen MR) is 88.8 cm³/mol. The molecule has 1 N–H and O–H groups in total. The summed E-state index contributed by atoms with van der Waals surface area (Å²) in [4.78, 5) is 23.9. The molecule has 0 atom stereocenters. The molecule has 22 heavy (non-hydrogen) atoms. The summed E-state index contributed by atoms with van der Waals surface area (Å²) >= 11 is 3.34. The fraction of sp³-hybridized carbons (Fsp3) is 0.0625. The van der Waals surface area contributed by atoms with E-state index in [1.54, 1.807) is 30.3 Å². The van der Waals surface area contributed by atoms with Crippen molar-refractivity contribution in [2.24, 2.45) is 0 Å². The summed E-state index contributed by atoms with van der Waals surface area (Å²) in [6, 6.07) is 14.4. The van der Waals surface area contributed by atoms with Crippen LogP contribution in [0, 0.1) is 0 Å². The molecule has 1 heterocycles. The van der Waals surface area contributed by atoms with Crippen LogP contribution in [0.3, 0.4) is 0 Å². The van der Waals surface area contributed by atoms with Gasteiger partial charge in [-0.25, -0.2) is 0 Å². The molecule has 0 aliphatic carbocycles. The van der Waals surface area contributed by atoms with Crippen LogP contribution in [0.5, 0.6) is 0 Å². The number of fused-ring (bicyclic) bond motifs is 1. The van der Waals surface area contributed by atoms with Crippen molar-refractivity contribution in [2.45, 2.75) is 6.54 Å². The molecule has 6 heteroatoms. The topological polar surface area (TPSA) is 64.0 Å². The van der Waals surface area contributed by atoms with E-state index in [0.29, 0.717) is 16.6 Å². The number of hydrogen-bond donors (Lipinski definition) is 1. The Labute approximate surface area is 134 Å². The average Bonchev–Trinajstić information content (AvgIpc) is 2.53. The Morgan fingerprint density at radius 1 is 1.14 bits per heavy atom. The Morgan fingerprint density at radius 3 is 2.64 bits per heavy atom. The van der Waals surface area contributed by atoms with Gasteiger partial charge in [0.25, 0.3) is 0 Å². The third-order valence-electron chi connectivity index (χ3n) is 3.18. The highest BCUT2D eigenvalue weighted by molar-refractivity contribution is 9.10. The standard InChI is InChI=1S/C16H12BrN3O2/c17-11-5-7-12(8-6-11)19-16(22)10-20-14-4-2-1-3-13(14)15(21)9-18-20/h1-9H,10H2,(H,19,22). The van der Waals surface area contributed by atoms with Gasteiger partial charge in [0.2, 0.25) is 11.3 Å². The highest BCUT2D eigenvalue weighted by Gasteiger charge is 2.08. The minimum atomic E-state index is -0.205. The van der Waals surface area contributed by atoms with E-state index in [1.165, 1.54) is 10.9 Å². The van der Waals surface area contributed by atoms with E-state index < -0.39 is 0 Å². The van der Waals surface area contributed by atoms with Crippen LogP contribution in [-0.4, -0.2) is 15.7 Å². The molecule has 2 aromatic carbocycles. The van der Waals surface area contributed by atoms with E-state index in [-0.39, 0.29) is 17.9 Å². The number of anilines is 1. The number of hydrogen-bond acceptors (Lipinski definition) is 3. The molecule has 0 spiro atoms. The van der Waals surface area contributed by atoms with Gasteiger partial charge in [-0.1, -0.05) is 28.1 Å². The van der Waals surface area contributed by atoms with Crippen molar-refractivity contribution >= 4 is 38.4 Å². The first-order valence-corrected chi connectivity index (χ1v) is 7.43. The molecule has 5 nitrogen and oxygen atoms in total. The van der Waals surface area contributed by atoms with Crippen LogP contribution < -0.4 is 10.7 Å². The number of nitrogens with one attached hydrogen (secondary N) is 1. The quantitative estimate of drug-likeness (QED) is 0.783. The molecular weight excluding hydrogens is 346 g/mol. The molecule has 3 aromatic rings. The number of amides is 1. The summed E-state index contributed by atoms with van der Waals surface area (Å²) in [7, 11) is 0. The molecule has 0 aliphatic heterocycles. The van der Waals surface area contributed by atoms with Crippen LogP contribution in [0.25, 0.3) is 10.9 Å². The SMILES string of the molecule is O=C(Cn1ncc(=O)c2ccccc21)Nc1ccc(Br)cc1. The highest BCUT2D eigenvalue weighted by atomic mass is 79.9. The lowest BCUT2D eigenvalue weighted by Crippen LogP contribution is -2.22. The van der Waals surface area contributed by atoms with Gasteiger partial charge < -0.3 is 5.32 Å². The lowest BCUT2D eigenvalue weighted by atomic mass is 10.2. The Bertz CT molecular complexity index is 888. The van der Waals surface area contributed by atoms with Crippen molar-refractivity contribution in [3.63, 3.8) is 0 Å². The number of halogens is 1. The minimum absolute atomic E-state index is 0.0385. The zero-order valence-corrected chi connectivity index (χ0v) is 13.1. The fourth-order valence-corrected chi connectivity index (χ4v) is 2.42. The van der Waals surface area contributed by atoms with Gasteiger partial charge in [0.05, 0.1) is 11.7 Å². The molecule has 0 bridgehead atoms. The Balaban J connectivity index is 1.84. The molecule has 0 aliphatic rings. The molecule has 0 radical (unpaired) electrons. The number of nitrogens with zero attached hydrogens (tertiary/aromatic N) is 2. The maximum absolute atomic E-state index is 12.1. The van der Waals surface area contributed by atoms with Crippen molar-refractivity contribution in [1.29, 1.82) is 0 Å². The van der Waals surface area contributed by atoms with Gasteiger partial charge in [0.15, 0.2) is 0 Å². The van der Waals surface area contributed by atoms with E-state index in [4.69, 9.17) is 0 Å². The zero-order valence-electron chi connectivity index (χ0n) is 11.5. The largest absolute Gasteiger partial charge is 0.324 e. The van der Waals surface area contributed by atoms with Crippen molar-refractivity contribution in [1.82, 2.24) is 9.78 Å². The van der Waals surface area contributed by atoms with Crippen LogP contribution in [0.1, 0.15) is 0 Å². The first kappa shape index (κ1) is 14.5. The molecule has 0 saturated heterocycles. The van der Waals surface area contributed by atoms with Crippen LogP contribution in [0.15, 0.2) is 64.0 Å². The van der Waals surface area contributed by atoms with Crippen molar-refractivity contribution in [2.75, 3.05) is 5.32 Å². The third kappa shape index (κ3) is 3.07. The summed E-state index contributed by atoms with van der Waals surface area (Å²) in [6.07, 6.45) is 1.23. The second-order valence-electron chi connectivity index (χ2n) is 4.74. The molecule has 1 amide bonds. The Kier molecular flexibility index (Phi) is 4.02. The van der Waals surface area contributed by atoms with Crippen LogP contribution in [-0.2, 0) is 11.3 Å². The van der Waals surface area contributed by atoms with Gasteiger partial charge in [-0.2, -0.15) is 5.10 Å². The molecule has 0 saturated carbocycles. The number of carbonyl (C=O) groups is 1. The smallest absolute Gasteiger partial charge is 0.246 e. The van der Waals surface area contributed by atoms with Crippen LogP contribution >= 0.6 is 15.9 Å². The van der Waals surface area contributed by atoms with E-state index in [1.807, 2.05) is 18.2 Å². The lowest BCUT2D eigenvalue weighted by molar-refractivity contribution is -0.116. The molecule has 0 fully saturated rings. The molecular formula is C16H12BrN3O2. The summed E-state index contributed by atoms with van der Waals surface area (Å²) in [5.41, 5.74) is 1.19. The second-order valence-corrected chi connectivity index (χ2v) is 5.65. The number of aromatic nitrogens is 2. The summed E-state index contributed by atoms with van der Waals surface area (Å²) in [5, 5.41) is 7.39. The van der Waals surface area contributed by atoms with Crippen LogP contribution in [0.4, 0.5) is 5.69 Å². The highest BCUT2D eigenvalue weighted by Crippen LogP contribution is 2.14. The first-order chi connectivity index (χ1) is 10.6. The normalized spacial score (nSPS) is 10.6. The Hall–Kier alpha value is -2.47. The number of para-hydroxylation sites is 1. The van der Waals surface area contributed by atoms with Crippen LogP contribution in [0.2, 0.25) is 0 Å². The maximum Gasteiger partial charge on any atom is 0.246 e. The van der Waals surface area contributed by atoms with E-state index in [2.05, 4.69) is 26.3 Å². The van der Waals surface area contributed by atoms with Crippen molar-refractivity contribution in [3.05, 3.63) is 69.4 Å². The molecule has 110 valence electrons. The monoisotopic (exact) mass is 357 g/mol. The molecule has 3 rings (SSSR count). The summed E-state index contributed by atoms with van der Waals surface area (Å²) < 4.78 is 2.46. The van der Waals surface area contributed by atoms with Gasteiger partial charge in [-0.05, 0) is 36.4 Å². The minimum Gasteiger partial charge on any atom is -0.324 e. The van der Waals surface area contributed by atoms with Gasteiger partial charge in [-0.3, -0.25) is 14.3 Å². The predicted octanol–water partition coefficient (Wildman–Crippen LogP) is 2.80. The molecule has 1 aromatic heterocycles.